The number of hydrogen-bond donors (Lipinski definition) is 3. The van der Waals surface area contributed by atoms with Gasteiger partial charge in [0.05, 0.1) is 6.61 Å². The van der Waals surface area contributed by atoms with E-state index < -0.39 is 0 Å². The number of carbonyl (C=O) groups excluding carboxylic acids is 3. The minimum absolute atomic E-state index is 0.0288. The summed E-state index contributed by atoms with van der Waals surface area (Å²) in [5, 5.41) is 12.7. The molecule has 0 radical (unpaired) electrons. The van der Waals surface area contributed by atoms with Gasteiger partial charge in [-0.2, -0.15) is 0 Å². The Balaban J connectivity index is 0.000000288. The largest absolute Gasteiger partial charge is 0.395 e. The molecular weight excluding hydrogens is 212 g/mol. The topological polar surface area (TPSA) is 95.5 Å². The Morgan fingerprint density at radius 3 is 2.19 bits per heavy atom. The van der Waals surface area contributed by atoms with Crippen LogP contribution in [0, 0.1) is 0 Å². The number of nitrogens with one attached hydrogen (secondary N) is 2. The molecule has 0 saturated heterocycles. The molecule has 0 bridgehead atoms. The number of imide groups is 1. The summed E-state index contributed by atoms with van der Waals surface area (Å²) in [7, 11) is 0. The first kappa shape index (κ1) is 14.1. The van der Waals surface area contributed by atoms with E-state index in [0.29, 0.717) is 12.1 Å². The van der Waals surface area contributed by atoms with Gasteiger partial charge in [-0.25, -0.2) is 0 Å². The number of amides is 3. The van der Waals surface area contributed by atoms with Crippen LogP contribution >= 0.6 is 0 Å². The summed E-state index contributed by atoms with van der Waals surface area (Å²) in [6.45, 7) is 5.30. The monoisotopic (exact) mass is 226 g/mol. The summed E-state index contributed by atoms with van der Waals surface area (Å²) < 4.78 is 0. The molecule has 16 heavy (non-hydrogen) atoms. The fourth-order valence-electron chi connectivity index (χ4n) is 0.676. The van der Waals surface area contributed by atoms with Crippen LogP contribution in [0.2, 0.25) is 0 Å². The van der Waals surface area contributed by atoms with Gasteiger partial charge in [0.15, 0.2) is 0 Å². The molecule has 0 aromatic carbocycles. The zero-order valence-electron chi connectivity index (χ0n) is 8.95. The van der Waals surface area contributed by atoms with E-state index in [1.807, 2.05) is 5.32 Å². The van der Waals surface area contributed by atoms with Crippen molar-refractivity contribution in [2.45, 2.75) is 6.92 Å². The first-order chi connectivity index (χ1) is 7.47. The van der Waals surface area contributed by atoms with Crippen LogP contribution in [-0.4, -0.2) is 36.0 Å². The maximum atomic E-state index is 10.6. The van der Waals surface area contributed by atoms with Crippen molar-refractivity contribution < 1.29 is 19.5 Å². The van der Waals surface area contributed by atoms with Gasteiger partial charge in [-0.3, -0.25) is 19.7 Å². The highest BCUT2D eigenvalue weighted by Gasteiger charge is 2.06. The molecule has 0 atom stereocenters. The van der Waals surface area contributed by atoms with Gasteiger partial charge in [0.25, 0.3) is 11.8 Å². The number of hydrogen-bond acceptors (Lipinski definition) is 4. The summed E-state index contributed by atoms with van der Waals surface area (Å²) in [5.74, 6) is -0.862. The molecule has 1 aliphatic heterocycles. The Morgan fingerprint density at radius 2 is 1.94 bits per heavy atom. The molecule has 0 spiro atoms. The molecule has 88 valence electrons. The number of aliphatic hydroxyl groups is 1. The number of aliphatic hydroxyl groups excluding tert-OH is 1. The Bertz CT molecular complexity index is 318. The molecule has 0 saturated carbocycles. The van der Waals surface area contributed by atoms with Crippen molar-refractivity contribution in [2.75, 3.05) is 13.2 Å². The lowest BCUT2D eigenvalue weighted by Gasteiger charge is -1.99. The Labute approximate surface area is 93.0 Å². The van der Waals surface area contributed by atoms with Gasteiger partial charge in [0.1, 0.15) is 0 Å². The summed E-state index contributed by atoms with van der Waals surface area (Å²) in [6, 6.07) is 0. The highest BCUT2D eigenvalue weighted by molar-refractivity contribution is 6.12. The quantitative estimate of drug-likeness (QED) is 0.419. The lowest BCUT2D eigenvalue weighted by molar-refractivity contribution is -0.123. The highest BCUT2D eigenvalue weighted by atomic mass is 16.3. The molecule has 0 aromatic heterocycles. The Morgan fingerprint density at radius 1 is 1.44 bits per heavy atom. The first-order valence-corrected chi connectivity index (χ1v) is 4.55. The summed E-state index contributed by atoms with van der Waals surface area (Å²) in [6.07, 6.45) is 2.39. The number of rotatable bonds is 3. The zero-order chi connectivity index (χ0) is 12.6. The standard InChI is InChI=1S/C6H11NO2.C4H3NO2/c1-5(2)6(9)7-3-4-8;6-3-1-2-4(7)5-3/h8H,1,3-4H2,2H3,(H,7,9);1-2H,(H,5,6,7). The van der Waals surface area contributed by atoms with Gasteiger partial charge in [-0.05, 0) is 6.92 Å². The molecule has 0 fully saturated rings. The van der Waals surface area contributed by atoms with Crippen molar-refractivity contribution in [3.8, 4) is 0 Å². The molecule has 6 nitrogen and oxygen atoms in total. The second kappa shape index (κ2) is 7.36. The molecule has 1 aliphatic rings. The Kier molecular flexibility index (Phi) is 6.46. The van der Waals surface area contributed by atoms with Crippen LogP contribution in [0.25, 0.3) is 0 Å². The molecule has 3 N–H and O–H groups in total. The molecule has 6 heteroatoms. The third-order valence-electron chi connectivity index (χ3n) is 1.42. The fraction of sp³-hybridized carbons (Fsp3) is 0.300. The van der Waals surface area contributed by atoms with Crippen LogP contribution < -0.4 is 10.6 Å². The smallest absolute Gasteiger partial charge is 0.250 e. The van der Waals surface area contributed by atoms with Gasteiger partial charge in [-0.15, -0.1) is 0 Å². The van der Waals surface area contributed by atoms with E-state index in [4.69, 9.17) is 5.11 Å². The van der Waals surface area contributed by atoms with E-state index in [2.05, 4.69) is 11.9 Å². The molecule has 1 rings (SSSR count). The molecule has 0 aromatic rings. The van der Waals surface area contributed by atoms with Gasteiger partial charge >= 0.3 is 0 Å². The van der Waals surface area contributed by atoms with E-state index in [-0.39, 0.29) is 24.3 Å². The molecule has 1 heterocycles. The lowest BCUT2D eigenvalue weighted by Crippen LogP contribution is -2.26. The zero-order valence-corrected chi connectivity index (χ0v) is 8.95. The third-order valence-corrected chi connectivity index (χ3v) is 1.42. The maximum absolute atomic E-state index is 10.6. The highest BCUT2D eigenvalue weighted by Crippen LogP contribution is 1.83. The van der Waals surface area contributed by atoms with Crippen LogP contribution in [0.4, 0.5) is 0 Å². The fourth-order valence-corrected chi connectivity index (χ4v) is 0.676. The van der Waals surface area contributed by atoms with Crippen molar-refractivity contribution >= 4 is 17.7 Å². The van der Waals surface area contributed by atoms with Crippen molar-refractivity contribution in [3.05, 3.63) is 24.3 Å². The normalized spacial score (nSPS) is 12.6. The second-order valence-corrected chi connectivity index (χ2v) is 2.95. The van der Waals surface area contributed by atoms with Gasteiger partial charge in [0.2, 0.25) is 5.91 Å². The summed E-state index contributed by atoms with van der Waals surface area (Å²) in [5.41, 5.74) is 0.462. The summed E-state index contributed by atoms with van der Waals surface area (Å²) >= 11 is 0. The van der Waals surface area contributed by atoms with Crippen LogP contribution in [-0.2, 0) is 14.4 Å². The predicted molar refractivity (Wildman–Crippen MR) is 57.2 cm³/mol. The summed E-state index contributed by atoms with van der Waals surface area (Å²) in [4.78, 5) is 30.6. The van der Waals surface area contributed by atoms with E-state index in [0.717, 1.165) is 0 Å². The van der Waals surface area contributed by atoms with Gasteiger partial charge in [0, 0.05) is 24.3 Å². The number of carbonyl (C=O) groups is 3. The van der Waals surface area contributed by atoms with E-state index in [9.17, 15) is 14.4 Å². The average molecular weight is 226 g/mol. The first-order valence-electron chi connectivity index (χ1n) is 4.55. The van der Waals surface area contributed by atoms with Crippen LogP contribution in [0.15, 0.2) is 24.3 Å². The molecule has 3 amide bonds. The maximum Gasteiger partial charge on any atom is 0.250 e. The average Bonchev–Trinajstić information content (AvgIpc) is 2.59. The molecule has 0 unspecified atom stereocenters. The van der Waals surface area contributed by atoms with Crippen LogP contribution in [0.3, 0.4) is 0 Å². The lowest BCUT2D eigenvalue weighted by atomic mass is 10.3. The molecular formula is C10H14N2O4. The third kappa shape index (κ3) is 6.50. The minimum Gasteiger partial charge on any atom is -0.395 e. The SMILES string of the molecule is C=C(C)C(=O)NCCO.O=C1C=CC(=O)N1. The van der Waals surface area contributed by atoms with Crippen LogP contribution in [0.5, 0.6) is 0 Å². The van der Waals surface area contributed by atoms with Crippen molar-refractivity contribution in [3.63, 3.8) is 0 Å². The van der Waals surface area contributed by atoms with Crippen molar-refractivity contribution in [1.29, 1.82) is 0 Å². The van der Waals surface area contributed by atoms with Crippen molar-refractivity contribution in [1.82, 2.24) is 10.6 Å². The van der Waals surface area contributed by atoms with E-state index >= 15 is 0 Å². The van der Waals surface area contributed by atoms with E-state index in [1.54, 1.807) is 6.92 Å². The second-order valence-electron chi connectivity index (χ2n) is 2.95. The molecule has 0 aliphatic carbocycles. The minimum atomic E-state index is -0.329. The van der Waals surface area contributed by atoms with Gasteiger partial charge in [-0.1, -0.05) is 6.58 Å². The predicted octanol–water partition coefficient (Wildman–Crippen LogP) is -1.13. The van der Waals surface area contributed by atoms with Gasteiger partial charge < -0.3 is 10.4 Å². The van der Waals surface area contributed by atoms with E-state index in [1.165, 1.54) is 12.2 Å². The van der Waals surface area contributed by atoms with Crippen molar-refractivity contribution in [2.24, 2.45) is 0 Å². The Hall–Kier alpha value is -1.95. The van der Waals surface area contributed by atoms with Crippen LogP contribution in [0.1, 0.15) is 6.92 Å².